The summed E-state index contributed by atoms with van der Waals surface area (Å²) in [6.07, 6.45) is 2.58. The zero-order chi connectivity index (χ0) is 10.7. The van der Waals surface area contributed by atoms with Crippen LogP contribution in [0.1, 0.15) is 22.4 Å². The van der Waals surface area contributed by atoms with Crippen molar-refractivity contribution in [3.8, 4) is 0 Å². The van der Waals surface area contributed by atoms with Crippen molar-refractivity contribution in [3.63, 3.8) is 0 Å². The average Bonchev–Trinajstić information content (AvgIpc) is 2.85. The van der Waals surface area contributed by atoms with Gasteiger partial charge in [-0.25, -0.2) is 4.98 Å². The lowest BCUT2D eigenvalue weighted by Gasteiger charge is -2.13. The quantitative estimate of drug-likeness (QED) is 0.864. The van der Waals surface area contributed by atoms with Crippen molar-refractivity contribution in [2.75, 3.05) is 7.05 Å². The monoisotopic (exact) mass is 222 g/mol. The number of hydrogen-bond acceptors (Lipinski definition) is 4. The summed E-state index contributed by atoms with van der Waals surface area (Å²) in [5.41, 5.74) is 2.99. The van der Waals surface area contributed by atoms with Gasteiger partial charge >= 0.3 is 0 Å². The molecule has 2 aromatic rings. The van der Waals surface area contributed by atoms with Crippen molar-refractivity contribution < 1.29 is 4.42 Å². The van der Waals surface area contributed by atoms with Crippen LogP contribution in [0, 0.1) is 6.92 Å². The first-order valence-electron chi connectivity index (χ1n) is 4.91. The molecular weight excluding hydrogens is 208 g/mol. The van der Waals surface area contributed by atoms with Crippen LogP contribution in [0.4, 0.5) is 0 Å². The number of thiazole rings is 1. The van der Waals surface area contributed by atoms with Crippen molar-refractivity contribution in [2.24, 2.45) is 0 Å². The maximum Gasteiger partial charge on any atom is 0.105 e. The van der Waals surface area contributed by atoms with Crippen molar-refractivity contribution in [1.82, 2.24) is 10.3 Å². The average molecular weight is 222 g/mol. The number of furan rings is 1. The van der Waals surface area contributed by atoms with Gasteiger partial charge in [0, 0.05) is 11.3 Å². The molecule has 0 aliphatic carbocycles. The highest BCUT2D eigenvalue weighted by Gasteiger charge is 2.15. The van der Waals surface area contributed by atoms with Crippen LogP contribution in [0.3, 0.4) is 0 Å². The third kappa shape index (κ3) is 2.27. The Kier molecular flexibility index (Phi) is 3.18. The highest BCUT2D eigenvalue weighted by atomic mass is 32.1. The van der Waals surface area contributed by atoms with Gasteiger partial charge in [-0.3, -0.25) is 0 Å². The fourth-order valence-electron chi connectivity index (χ4n) is 1.60. The summed E-state index contributed by atoms with van der Waals surface area (Å²) >= 11 is 1.69. The van der Waals surface area contributed by atoms with E-state index >= 15 is 0 Å². The van der Waals surface area contributed by atoms with Gasteiger partial charge in [-0.05, 0) is 26.1 Å². The lowest BCUT2D eigenvalue weighted by Crippen LogP contribution is -2.18. The van der Waals surface area contributed by atoms with E-state index < -0.39 is 0 Å². The lowest BCUT2D eigenvalue weighted by atomic mass is 10.1. The third-order valence-electron chi connectivity index (χ3n) is 2.43. The van der Waals surface area contributed by atoms with E-state index in [2.05, 4.69) is 10.3 Å². The van der Waals surface area contributed by atoms with Gasteiger partial charge in [0.1, 0.15) is 5.76 Å². The summed E-state index contributed by atoms with van der Waals surface area (Å²) in [4.78, 5) is 5.55. The van der Waals surface area contributed by atoms with Gasteiger partial charge < -0.3 is 9.73 Å². The maximum absolute atomic E-state index is 5.35. The molecule has 0 fully saturated rings. The van der Waals surface area contributed by atoms with Crippen LogP contribution in [0.2, 0.25) is 0 Å². The number of aryl methyl sites for hydroxylation is 1. The highest BCUT2D eigenvalue weighted by molar-refractivity contribution is 7.09. The van der Waals surface area contributed by atoms with Crippen LogP contribution >= 0.6 is 11.3 Å². The maximum atomic E-state index is 5.35. The van der Waals surface area contributed by atoms with E-state index in [9.17, 15) is 0 Å². The number of likely N-dealkylation sites (N-methyl/N-ethyl adjacent to an activating group) is 1. The topological polar surface area (TPSA) is 38.1 Å². The Morgan fingerprint density at radius 2 is 2.47 bits per heavy atom. The van der Waals surface area contributed by atoms with E-state index in [4.69, 9.17) is 4.42 Å². The van der Waals surface area contributed by atoms with Crippen molar-refractivity contribution >= 4 is 11.3 Å². The van der Waals surface area contributed by atoms with E-state index in [0.717, 1.165) is 17.9 Å². The minimum absolute atomic E-state index is 0.295. The van der Waals surface area contributed by atoms with Gasteiger partial charge in [0.15, 0.2) is 0 Å². The Hall–Kier alpha value is -1.13. The number of hydrogen-bond donors (Lipinski definition) is 1. The molecule has 4 heteroatoms. The van der Waals surface area contributed by atoms with Gasteiger partial charge in [-0.1, -0.05) is 0 Å². The second-order valence-corrected chi connectivity index (χ2v) is 4.31. The minimum Gasteiger partial charge on any atom is -0.469 e. The fraction of sp³-hybridized carbons (Fsp3) is 0.364. The van der Waals surface area contributed by atoms with Crippen LogP contribution in [-0.2, 0) is 6.42 Å². The summed E-state index contributed by atoms with van der Waals surface area (Å²) in [5.74, 6) is 1.00. The van der Waals surface area contributed by atoms with Crippen LogP contribution in [-0.4, -0.2) is 12.0 Å². The first-order valence-corrected chi connectivity index (χ1v) is 5.79. The molecule has 0 aliphatic rings. The Bertz CT molecular complexity index is 408. The van der Waals surface area contributed by atoms with E-state index in [1.54, 1.807) is 17.6 Å². The van der Waals surface area contributed by atoms with Crippen LogP contribution < -0.4 is 5.32 Å². The molecule has 0 bridgehead atoms. The Morgan fingerprint density at radius 1 is 1.60 bits per heavy atom. The number of nitrogens with zero attached hydrogens (tertiary/aromatic N) is 1. The van der Waals surface area contributed by atoms with E-state index in [-0.39, 0.29) is 0 Å². The molecule has 0 saturated carbocycles. The predicted molar refractivity (Wildman–Crippen MR) is 61.1 cm³/mol. The summed E-state index contributed by atoms with van der Waals surface area (Å²) in [6, 6.07) is 4.21. The molecule has 2 heterocycles. The second-order valence-electron chi connectivity index (χ2n) is 3.43. The predicted octanol–water partition coefficient (Wildman–Crippen LogP) is 2.55. The van der Waals surface area contributed by atoms with Gasteiger partial charge in [0.05, 0.1) is 23.5 Å². The van der Waals surface area contributed by atoms with Crippen LogP contribution in [0.15, 0.2) is 28.3 Å². The number of aromatic nitrogens is 1. The van der Waals surface area contributed by atoms with Gasteiger partial charge in [0.2, 0.25) is 0 Å². The molecule has 15 heavy (non-hydrogen) atoms. The molecule has 80 valence electrons. The SMILES string of the molecule is CNC(Cc1ccco1)c1scnc1C. The number of nitrogens with one attached hydrogen (secondary N) is 1. The van der Waals surface area contributed by atoms with Gasteiger partial charge in [-0.2, -0.15) is 0 Å². The van der Waals surface area contributed by atoms with Crippen molar-refractivity contribution in [2.45, 2.75) is 19.4 Å². The molecule has 0 amide bonds. The molecule has 0 saturated heterocycles. The van der Waals surface area contributed by atoms with Crippen molar-refractivity contribution in [1.29, 1.82) is 0 Å². The Labute approximate surface area is 93.2 Å². The zero-order valence-electron chi connectivity index (χ0n) is 8.86. The summed E-state index contributed by atoms with van der Waals surface area (Å²) in [6.45, 7) is 2.04. The third-order valence-corrected chi connectivity index (χ3v) is 3.48. The molecular formula is C11H14N2OS. The summed E-state index contributed by atoms with van der Waals surface area (Å²) in [7, 11) is 1.97. The fourth-order valence-corrected chi connectivity index (χ4v) is 2.51. The summed E-state index contributed by atoms with van der Waals surface area (Å²) < 4.78 is 5.35. The standard InChI is InChI=1S/C11H14N2OS/c1-8-11(15-7-13-8)10(12-2)6-9-4-3-5-14-9/h3-5,7,10,12H,6H2,1-2H3. The molecule has 0 spiro atoms. The van der Waals surface area contributed by atoms with Crippen LogP contribution in [0.5, 0.6) is 0 Å². The molecule has 1 N–H and O–H groups in total. The first kappa shape index (κ1) is 10.4. The van der Waals surface area contributed by atoms with E-state index in [0.29, 0.717) is 6.04 Å². The smallest absolute Gasteiger partial charge is 0.105 e. The molecule has 0 radical (unpaired) electrons. The Morgan fingerprint density at radius 3 is 3.00 bits per heavy atom. The van der Waals surface area contributed by atoms with Gasteiger partial charge in [-0.15, -0.1) is 11.3 Å². The molecule has 1 unspecified atom stereocenters. The first-order chi connectivity index (χ1) is 7.31. The molecule has 3 nitrogen and oxygen atoms in total. The van der Waals surface area contributed by atoms with Crippen LogP contribution in [0.25, 0.3) is 0 Å². The van der Waals surface area contributed by atoms with E-state index in [1.165, 1.54) is 4.88 Å². The molecule has 0 aliphatic heterocycles. The highest BCUT2D eigenvalue weighted by Crippen LogP contribution is 2.24. The minimum atomic E-state index is 0.295. The normalized spacial score (nSPS) is 12.9. The molecule has 0 aromatic carbocycles. The number of rotatable bonds is 4. The van der Waals surface area contributed by atoms with E-state index in [1.807, 2.05) is 31.6 Å². The van der Waals surface area contributed by atoms with Gasteiger partial charge in [0.25, 0.3) is 0 Å². The molecule has 2 aromatic heterocycles. The second kappa shape index (κ2) is 4.59. The Balaban J connectivity index is 2.15. The molecule has 2 rings (SSSR count). The largest absolute Gasteiger partial charge is 0.469 e. The lowest BCUT2D eigenvalue weighted by molar-refractivity contribution is 0.468. The van der Waals surface area contributed by atoms with Crippen molar-refractivity contribution in [3.05, 3.63) is 40.2 Å². The molecule has 1 atom stereocenters. The zero-order valence-corrected chi connectivity index (χ0v) is 9.67. The summed E-state index contributed by atoms with van der Waals surface area (Å²) in [5, 5.41) is 3.29.